The van der Waals surface area contributed by atoms with E-state index in [1.807, 2.05) is 18.3 Å². The van der Waals surface area contributed by atoms with Gasteiger partial charge in [0.2, 0.25) is 0 Å². The molecule has 1 aromatic carbocycles. The van der Waals surface area contributed by atoms with E-state index in [4.69, 9.17) is 9.47 Å². The number of hydrogen-bond donors (Lipinski definition) is 0. The number of benzene rings is 1. The topological polar surface area (TPSA) is 47.5 Å². The van der Waals surface area contributed by atoms with E-state index in [1.165, 1.54) is 5.56 Å². The van der Waals surface area contributed by atoms with Crippen molar-refractivity contribution in [1.82, 2.24) is 14.9 Å². The minimum absolute atomic E-state index is 0.399. The van der Waals surface area contributed by atoms with Crippen molar-refractivity contribution in [2.24, 2.45) is 0 Å². The molecule has 1 fully saturated rings. The third-order valence-electron chi connectivity index (χ3n) is 4.27. The quantitative estimate of drug-likeness (QED) is 0.819. The van der Waals surface area contributed by atoms with Crippen LogP contribution in [0, 0.1) is 0 Å². The predicted molar refractivity (Wildman–Crippen MR) is 88.4 cm³/mol. The lowest BCUT2D eigenvalue weighted by molar-refractivity contribution is -0.0146. The first-order chi connectivity index (χ1) is 11.4. The summed E-state index contributed by atoms with van der Waals surface area (Å²) in [7, 11) is 1.73. The standard InChI is InChI=1S/C18H23N3O2/c1-22-18-5-3-2-4-15(18)13-21-10-11-23-14-17(21)7-6-16-12-19-8-9-20-16/h2-5,8-9,12,17H,6-7,10-11,13-14H2,1H3/t17-/m0/s1. The summed E-state index contributed by atoms with van der Waals surface area (Å²) in [6.07, 6.45) is 7.24. The molecule has 0 N–H and O–H groups in total. The van der Waals surface area contributed by atoms with E-state index >= 15 is 0 Å². The molecule has 1 aromatic heterocycles. The van der Waals surface area contributed by atoms with E-state index in [2.05, 4.69) is 27.0 Å². The van der Waals surface area contributed by atoms with Crippen LogP contribution in [0.25, 0.3) is 0 Å². The summed E-state index contributed by atoms with van der Waals surface area (Å²) in [6.45, 7) is 3.40. The predicted octanol–water partition coefficient (Wildman–Crippen LogP) is 2.32. The summed E-state index contributed by atoms with van der Waals surface area (Å²) < 4.78 is 11.2. The molecule has 1 saturated heterocycles. The molecule has 2 heterocycles. The molecule has 0 radical (unpaired) electrons. The number of rotatable bonds is 6. The van der Waals surface area contributed by atoms with Gasteiger partial charge in [-0.05, 0) is 18.9 Å². The summed E-state index contributed by atoms with van der Waals surface area (Å²) in [6, 6.07) is 8.62. The monoisotopic (exact) mass is 313 g/mol. The second-order valence-corrected chi connectivity index (χ2v) is 5.75. The van der Waals surface area contributed by atoms with Crippen LogP contribution in [-0.2, 0) is 17.7 Å². The molecule has 3 rings (SSSR count). The molecule has 23 heavy (non-hydrogen) atoms. The van der Waals surface area contributed by atoms with Crippen LogP contribution >= 0.6 is 0 Å². The van der Waals surface area contributed by atoms with Gasteiger partial charge in [-0.2, -0.15) is 0 Å². The summed E-state index contributed by atoms with van der Waals surface area (Å²) >= 11 is 0. The molecular weight excluding hydrogens is 290 g/mol. The molecule has 0 unspecified atom stereocenters. The van der Waals surface area contributed by atoms with Gasteiger partial charge in [-0.3, -0.25) is 14.9 Å². The Hall–Kier alpha value is -1.98. The van der Waals surface area contributed by atoms with Crippen LogP contribution in [0.3, 0.4) is 0 Å². The van der Waals surface area contributed by atoms with Gasteiger partial charge in [0.15, 0.2) is 0 Å². The minimum atomic E-state index is 0.399. The second kappa shape index (κ2) is 8.04. The highest BCUT2D eigenvalue weighted by atomic mass is 16.5. The highest BCUT2D eigenvalue weighted by Crippen LogP contribution is 2.22. The van der Waals surface area contributed by atoms with Crippen molar-refractivity contribution in [3.05, 3.63) is 54.1 Å². The maximum absolute atomic E-state index is 5.69. The van der Waals surface area contributed by atoms with E-state index in [-0.39, 0.29) is 0 Å². The van der Waals surface area contributed by atoms with Crippen LogP contribution in [0.15, 0.2) is 42.9 Å². The number of methoxy groups -OCH3 is 1. The van der Waals surface area contributed by atoms with Gasteiger partial charge < -0.3 is 9.47 Å². The van der Waals surface area contributed by atoms with Gasteiger partial charge in [0.25, 0.3) is 0 Å². The molecule has 5 heteroatoms. The van der Waals surface area contributed by atoms with Gasteiger partial charge in [-0.15, -0.1) is 0 Å². The maximum atomic E-state index is 5.69. The van der Waals surface area contributed by atoms with Crippen molar-refractivity contribution >= 4 is 0 Å². The normalized spacial score (nSPS) is 18.7. The summed E-state index contributed by atoms with van der Waals surface area (Å²) in [5, 5.41) is 0. The summed E-state index contributed by atoms with van der Waals surface area (Å²) in [5.41, 5.74) is 2.26. The molecule has 2 aromatic rings. The molecular formula is C18H23N3O2. The lowest BCUT2D eigenvalue weighted by Crippen LogP contribution is -2.45. The van der Waals surface area contributed by atoms with Crippen LogP contribution in [0.2, 0.25) is 0 Å². The first-order valence-corrected chi connectivity index (χ1v) is 8.05. The fourth-order valence-corrected chi connectivity index (χ4v) is 2.99. The molecule has 0 saturated carbocycles. The Balaban J connectivity index is 1.64. The van der Waals surface area contributed by atoms with Crippen LogP contribution in [0.4, 0.5) is 0 Å². The van der Waals surface area contributed by atoms with Crippen molar-refractivity contribution in [3.8, 4) is 5.75 Å². The Morgan fingerprint density at radius 2 is 2.22 bits per heavy atom. The van der Waals surface area contributed by atoms with Gasteiger partial charge >= 0.3 is 0 Å². The third kappa shape index (κ3) is 4.27. The van der Waals surface area contributed by atoms with Gasteiger partial charge in [0, 0.05) is 43.3 Å². The third-order valence-corrected chi connectivity index (χ3v) is 4.27. The fourth-order valence-electron chi connectivity index (χ4n) is 2.99. The summed E-state index contributed by atoms with van der Waals surface area (Å²) in [4.78, 5) is 11.0. The van der Waals surface area contributed by atoms with Crippen LogP contribution in [0.1, 0.15) is 17.7 Å². The first kappa shape index (κ1) is 15.9. The number of aromatic nitrogens is 2. The number of aryl methyl sites for hydroxylation is 1. The molecule has 1 atom stereocenters. The SMILES string of the molecule is COc1ccccc1CN1CCOC[C@@H]1CCc1cnccn1. The highest BCUT2D eigenvalue weighted by molar-refractivity contribution is 5.33. The van der Waals surface area contributed by atoms with Gasteiger partial charge in [-0.25, -0.2) is 0 Å². The maximum Gasteiger partial charge on any atom is 0.123 e. The van der Waals surface area contributed by atoms with E-state index < -0.39 is 0 Å². The van der Waals surface area contributed by atoms with Crippen LogP contribution in [-0.4, -0.2) is 47.8 Å². The van der Waals surface area contributed by atoms with E-state index in [0.717, 1.165) is 50.6 Å². The fraction of sp³-hybridized carbons (Fsp3) is 0.444. The van der Waals surface area contributed by atoms with Crippen molar-refractivity contribution < 1.29 is 9.47 Å². The Morgan fingerprint density at radius 3 is 3.04 bits per heavy atom. The Labute approximate surface area is 137 Å². The molecule has 0 bridgehead atoms. The Morgan fingerprint density at radius 1 is 1.30 bits per heavy atom. The van der Waals surface area contributed by atoms with Gasteiger partial charge in [0.1, 0.15) is 5.75 Å². The number of morpholine rings is 1. The Kier molecular flexibility index (Phi) is 5.56. The van der Waals surface area contributed by atoms with Crippen molar-refractivity contribution in [2.45, 2.75) is 25.4 Å². The summed E-state index contributed by atoms with van der Waals surface area (Å²) in [5.74, 6) is 0.951. The zero-order chi connectivity index (χ0) is 15.9. The second-order valence-electron chi connectivity index (χ2n) is 5.75. The van der Waals surface area contributed by atoms with E-state index in [0.29, 0.717) is 6.04 Å². The highest BCUT2D eigenvalue weighted by Gasteiger charge is 2.23. The lowest BCUT2D eigenvalue weighted by atomic mass is 10.1. The van der Waals surface area contributed by atoms with Gasteiger partial charge in [0.05, 0.1) is 26.0 Å². The number of nitrogens with zero attached hydrogens (tertiary/aromatic N) is 3. The molecule has 0 amide bonds. The zero-order valence-electron chi connectivity index (χ0n) is 13.5. The molecule has 0 aliphatic carbocycles. The van der Waals surface area contributed by atoms with Crippen molar-refractivity contribution in [1.29, 1.82) is 0 Å². The molecule has 5 nitrogen and oxygen atoms in total. The lowest BCUT2D eigenvalue weighted by Gasteiger charge is -2.36. The molecule has 1 aliphatic rings. The molecule has 122 valence electrons. The number of hydrogen-bond acceptors (Lipinski definition) is 5. The smallest absolute Gasteiger partial charge is 0.123 e. The number of para-hydroxylation sites is 1. The van der Waals surface area contributed by atoms with Crippen molar-refractivity contribution in [2.75, 3.05) is 26.9 Å². The van der Waals surface area contributed by atoms with Crippen molar-refractivity contribution in [3.63, 3.8) is 0 Å². The Bertz CT molecular complexity index is 606. The average Bonchev–Trinajstić information content (AvgIpc) is 2.62. The van der Waals surface area contributed by atoms with Gasteiger partial charge in [-0.1, -0.05) is 18.2 Å². The molecule has 1 aliphatic heterocycles. The molecule has 0 spiro atoms. The zero-order valence-corrected chi connectivity index (χ0v) is 13.5. The number of ether oxygens (including phenoxy) is 2. The van der Waals surface area contributed by atoms with E-state index in [9.17, 15) is 0 Å². The minimum Gasteiger partial charge on any atom is -0.496 e. The van der Waals surface area contributed by atoms with Crippen LogP contribution < -0.4 is 4.74 Å². The van der Waals surface area contributed by atoms with Crippen LogP contribution in [0.5, 0.6) is 5.75 Å². The largest absolute Gasteiger partial charge is 0.496 e. The average molecular weight is 313 g/mol. The first-order valence-electron chi connectivity index (χ1n) is 8.05. The van der Waals surface area contributed by atoms with E-state index in [1.54, 1.807) is 19.5 Å².